The fourth-order valence-electron chi connectivity index (χ4n) is 11.0. The van der Waals surface area contributed by atoms with Gasteiger partial charge >= 0.3 is 6.09 Å². The van der Waals surface area contributed by atoms with Crippen LogP contribution < -0.4 is 18.9 Å². The number of aliphatic hydroxyl groups excluding tert-OH is 2. The van der Waals surface area contributed by atoms with Crippen LogP contribution in [0.3, 0.4) is 0 Å². The number of fused-ring (bicyclic) bond motifs is 3. The molecular weight excluding hydrogens is 892 g/mol. The molecular formula is C57H77FN2O10. The van der Waals surface area contributed by atoms with Crippen LogP contribution >= 0.6 is 0 Å². The Hall–Kier alpha value is -5.11. The molecule has 1 amide bonds. The van der Waals surface area contributed by atoms with Crippen LogP contribution in [0.15, 0.2) is 90.1 Å². The molecule has 0 aromatic heterocycles. The number of benzene rings is 3. The Bertz CT molecular complexity index is 2200. The van der Waals surface area contributed by atoms with E-state index in [1.165, 1.54) is 51.0 Å². The van der Waals surface area contributed by atoms with E-state index in [9.17, 15) is 14.6 Å². The number of nitrogens with zero attached hydrogens (tertiary/aromatic N) is 2. The van der Waals surface area contributed by atoms with Crippen molar-refractivity contribution in [2.45, 2.75) is 154 Å². The number of hydrogen-bond donors (Lipinski definition) is 2. The maximum atomic E-state index is 15.1. The number of ether oxygens (including phenoxy) is 6. The van der Waals surface area contributed by atoms with E-state index in [1.54, 1.807) is 29.2 Å². The predicted octanol–water partition coefficient (Wildman–Crippen LogP) is 12.3. The van der Waals surface area contributed by atoms with Crippen LogP contribution in [0, 0.1) is 23.6 Å². The number of allylic oxidation sites excluding steroid dienone is 1. The van der Waals surface area contributed by atoms with Gasteiger partial charge in [0, 0.05) is 43.2 Å². The predicted molar refractivity (Wildman–Crippen MR) is 269 cm³/mol. The van der Waals surface area contributed by atoms with Crippen molar-refractivity contribution < 1.29 is 52.7 Å². The third-order valence-corrected chi connectivity index (χ3v) is 14.4. The van der Waals surface area contributed by atoms with Crippen molar-refractivity contribution in [1.29, 1.82) is 0 Å². The van der Waals surface area contributed by atoms with Crippen molar-refractivity contribution in [2.24, 2.45) is 22.9 Å². The Balaban J connectivity index is 1.31. The molecule has 70 heavy (non-hydrogen) atoms. The second kappa shape index (κ2) is 26.9. The summed E-state index contributed by atoms with van der Waals surface area (Å²) < 4.78 is 53.6. The van der Waals surface area contributed by atoms with Gasteiger partial charge in [0.2, 0.25) is 12.6 Å². The highest BCUT2D eigenvalue weighted by Gasteiger charge is 2.65. The van der Waals surface area contributed by atoms with Crippen molar-refractivity contribution in [3.63, 3.8) is 0 Å². The number of carbonyl (C=O) groups is 1. The van der Waals surface area contributed by atoms with Crippen molar-refractivity contribution in [2.75, 3.05) is 39.8 Å². The van der Waals surface area contributed by atoms with Crippen LogP contribution in [0.5, 0.6) is 23.0 Å². The lowest BCUT2D eigenvalue weighted by Gasteiger charge is -2.59. The Morgan fingerprint density at radius 1 is 0.871 bits per heavy atom. The quantitative estimate of drug-likeness (QED) is 0.0377. The number of halogens is 1. The minimum Gasteiger partial charge on any atom is -0.489 e. The fraction of sp³-hybridized carbons (Fsp3) is 0.579. The van der Waals surface area contributed by atoms with E-state index in [4.69, 9.17) is 38.4 Å². The molecule has 6 atom stereocenters. The van der Waals surface area contributed by atoms with Gasteiger partial charge in [-0.2, -0.15) is 0 Å². The number of oxime groups is 1. The molecule has 3 aromatic carbocycles. The van der Waals surface area contributed by atoms with Crippen LogP contribution in [0.25, 0.3) is 0 Å². The van der Waals surface area contributed by atoms with E-state index >= 15 is 4.79 Å². The molecule has 382 valence electrons. The molecule has 1 fully saturated rings. The van der Waals surface area contributed by atoms with Gasteiger partial charge in [-0.15, -0.1) is 6.58 Å². The molecule has 0 bridgehead atoms. The number of amides is 1. The first-order valence-electron chi connectivity index (χ1n) is 26.2. The summed E-state index contributed by atoms with van der Waals surface area (Å²) >= 11 is 0. The second-order valence-electron chi connectivity index (χ2n) is 19.2. The lowest BCUT2D eigenvalue weighted by molar-refractivity contribution is -0.256. The van der Waals surface area contributed by atoms with Gasteiger partial charge in [-0.05, 0) is 98.4 Å². The van der Waals surface area contributed by atoms with Gasteiger partial charge in [0.25, 0.3) is 0 Å². The molecule has 4 aliphatic rings. The highest BCUT2D eigenvalue weighted by atomic mass is 19.1. The van der Waals surface area contributed by atoms with Gasteiger partial charge in [-0.3, -0.25) is 4.90 Å². The minimum absolute atomic E-state index is 0.00728. The van der Waals surface area contributed by atoms with Crippen LogP contribution in [0.1, 0.15) is 146 Å². The normalized spacial score (nSPS) is 22.4. The first-order chi connectivity index (χ1) is 34.3. The lowest BCUT2D eigenvalue weighted by Crippen LogP contribution is -2.70. The summed E-state index contributed by atoms with van der Waals surface area (Å²) in [5.41, 5.74) is 3.77. The Morgan fingerprint density at radius 3 is 2.34 bits per heavy atom. The summed E-state index contributed by atoms with van der Waals surface area (Å²) in [4.78, 5) is 22.8. The molecule has 1 saturated carbocycles. The third kappa shape index (κ3) is 13.0. The van der Waals surface area contributed by atoms with Crippen LogP contribution in [-0.4, -0.2) is 78.6 Å². The van der Waals surface area contributed by atoms with Crippen molar-refractivity contribution in [1.82, 2.24) is 4.90 Å². The SMILES string of the molecule is C=CCO[C@@]12Oc3ccc(OCc4ccccc4F)cc3[C@H]3[C@H](CCCCO)[C@@H](CCCCO)C=C(C(=NOCC)C[C@@H]1N(Cc1ccc4c(c1)OCO4)C(=O)OCCCCCCCCCCCC)[C@H]32. The molecule has 0 spiro atoms. The molecule has 0 saturated heterocycles. The van der Waals surface area contributed by atoms with E-state index in [1.807, 2.05) is 43.3 Å². The summed E-state index contributed by atoms with van der Waals surface area (Å²) in [6.07, 6.45) is 19.8. The van der Waals surface area contributed by atoms with Gasteiger partial charge < -0.3 is 43.5 Å². The third-order valence-electron chi connectivity index (χ3n) is 14.4. The maximum Gasteiger partial charge on any atom is 0.410 e. The van der Waals surface area contributed by atoms with Crippen molar-refractivity contribution in [3.05, 3.63) is 107 Å². The van der Waals surface area contributed by atoms with Gasteiger partial charge in [0.05, 0.1) is 24.8 Å². The number of unbranched alkanes of at least 4 members (excludes halogenated alkanes) is 11. The molecule has 3 aromatic rings. The van der Waals surface area contributed by atoms with E-state index in [2.05, 4.69) is 19.6 Å². The number of hydrogen-bond acceptors (Lipinski definition) is 11. The molecule has 7 rings (SSSR count). The number of rotatable bonds is 30. The zero-order chi connectivity index (χ0) is 49.1. The Labute approximate surface area is 415 Å². The number of aliphatic hydroxyl groups is 2. The average molecular weight is 969 g/mol. The molecule has 13 heteroatoms. The highest BCUT2D eigenvalue weighted by Crippen LogP contribution is 2.62. The van der Waals surface area contributed by atoms with Gasteiger partial charge in [-0.1, -0.05) is 119 Å². The summed E-state index contributed by atoms with van der Waals surface area (Å²) in [7, 11) is 0. The topological polar surface area (TPSA) is 138 Å². The molecule has 2 aliphatic heterocycles. The molecule has 0 radical (unpaired) electrons. The Morgan fingerprint density at radius 2 is 1.60 bits per heavy atom. The van der Waals surface area contributed by atoms with Crippen molar-refractivity contribution >= 4 is 11.8 Å². The summed E-state index contributed by atoms with van der Waals surface area (Å²) in [5, 5.41) is 24.9. The first kappa shape index (κ1) is 52.7. The second-order valence-corrected chi connectivity index (χ2v) is 19.2. The van der Waals surface area contributed by atoms with E-state index in [0.29, 0.717) is 53.7 Å². The van der Waals surface area contributed by atoms with Gasteiger partial charge in [-0.25, -0.2) is 9.18 Å². The van der Waals surface area contributed by atoms with E-state index < -0.39 is 23.8 Å². The molecule has 2 heterocycles. The van der Waals surface area contributed by atoms with Crippen LogP contribution in [-0.2, 0) is 27.5 Å². The smallest absolute Gasteiger partial charge is 0.410 e. The lowest BCUT2D eigenvalue weighted by atomic mass is 9.55. The largest absolute Gasteiger partial charge is 0.489 e. The number of carbonyl (C=O) groups excluding carboxylic acids is 1. The molecule has 2 N–H and O–H groups in total. The first-order valence-corrected chi connectivity index (χ1v) is 26.2. The average Bonchev–Trinajstić information content (AvgIpc) is 3.85. The summed E-state index contributed by atoms with van der Waals surface area (Å²) in [5.74, 6) is -0.191. The van der Waals surface area contributed by atoms with E-state index in [-0.39, 0.29) is 76.4 Å². The molecule has 2 aliphatic carbocycles. The standard InChI is InChI=1S/C57H77FN2O10/c1-4-7-8-9-10-11-12-13-14-21-33-64-56(63)60(38-41-26-28-51-52(34-41)67-40-66-51)53-37-49(59-69-6-3)46-35-42(22-17-19-30-61)45(24-18-20-31-62)54-47-36-44(65-39-43-23-15-16-25-48(43)58)27-29-50(47)70-57(53,55(46)54)68-32-5-2/h5,15-16,23,25-29,34-36,42,45,53-55,61-62H,2,4,6-14,17-22,24,30-33,37-40H2,1,3H3/t42-,45+,53-,54+,55+,57+/m0/s1. The zero-order valence-corrected chi connectivity index (χ0v) is 41.6. The monoisotopic (exact) mass is 969 g/mol. The zero-order valence-electron chi connectivity index (χ0n) is 41.6. The fourth-order valence-corrected chi connectivity index (χ4v) is 11.0. The van der Waals surface area contributed by atoms with Crippen LogP contribution in [0.2, 0.25) is 0 Å². The maximum absolute atomic E-state index is 15.1. The van der Waals surface area contributed by atoms with E-state index in [0.717, 1.165) is 61.6 Å². The van der Waals surface area contributed by atoms with Gasteiger partial charge in [0.15, 0.2) is 11.5 Å². The summed E-state index contributed by atoms with van der Waals surface area (Å²) in [6.45, 7) is 9.37. The minimum atomic E-state index is -1.49. The molecule has 12 nitrogen and oxygen atoms in total. The summed E-state index contributed by atoms with van der Waals surface area (Å²) in [6, 6.07) is 17.3. The van der Waals surface area contributed by atoms with Gasteiger partial charge in [0.1, 0.15) is 36.6 Å². The Kier molecular flexibility index (Phi) is 20.3. The highest BCUT2D eigenvalue weighted by molar-refractivity contribution is 6.03. The molecule has 0 unspecified atom stereocenters. The van der Waals surface area contributed by atoms with Crippen LogP contribution in [0.4, 0.5) is 9.18 Å². The van der Waals surface area contributed by atoms with Crippen molar-refractivity contribution in [3.8, 4) is 23.0 Å².